The summed E-state index contributed by atoms with van der Waals surface area (Å²) >= 11 is 0. The Balaban J connectivity index is 4.33. The van der Waals surface area contributed by atoms with Crippen molar-refractivity contribution in [2.24, 2.45) is 0 Å². The second kappa shape index (κ2) is 64.4. The molecule has 440 valence electrons. The van der Waals surface area contributed by atoms with Crippen LogP contribution in [0, 0.1) is 0 Å². The zero-order chi connectivity index (χ0) is 55.0. The van der Waals surface area contributed by atoms with Gasteiger partial charge in [0.2, 0.25) is 0 Å². The fourth-order valence-corrected chi connectivity index (χ4v) is 9.53. The van der Waals surface area contributed by atoms with Crippen LogP contribution in [0.2, 0.25) is 0 Å². The molecule has 0 spiro atoms. The highest BCUT2D eigenvalue weighted by Gasteiger charge is 2.19. The Bertz CT molecular complexity index is 1400. The molecule has 0 rings (SSSR count). The first-order chi connectivity index (χ1) is 37.5. The van der Waals surface area contributed by atoms with E-state index in [4.69, 9.17) is 14.2 Å². The van der Waals surface area contributed by atoms with E-state index in [2.05, 4.69) is 93.7 Å². The SMILES string of the molecule is CC/C=C\C/C=C\C/C=C\C/C=C\C/C=C\CCCCCC(=O)OC(COC(=O)CCCCCCC/C=C\CCCCCCC)COC(=O)CCCCCCCCCCCCCCCCCCCCCCCCCCC. The lowest BCUT2D eigenvalue weighted by molar-refractivity contribution is -0.167. The maximum Gasteiger partial charge on any atom is 0.306 e. The molecule has 0 heterocycles. The molecule has 0 bridgehead atoms. The van der Waals surface area contributed by atoms with Crippen molar-refractivity contribution < 1.29 is 28.6 Å². The Hall–Kier alpha value is -3.15. The smallest absolute Gasteiger partial charge is 0.306 e. The van der Waals surface area contributed by atoms with Crippen molar-refractivity contribution in [3.8, 4) is 0 Å². The summed E-state index contributed by atoms with van der Waals surface area (Å²) in [4.78, 5) is 38.3. The van der Waals surface area contributed by atoms with E-state index in [1.54, 1.807) is 0 Å². The summed E-state index contributed by atoms with van der Waals surface area (Å²) in [6.45, 7) is 6.53. The predicted molar refractivity (Wildman–Crippen MR) is 330 cm³/mol. The third kappa shape index (κ3) is 61.7. The Morgan fingerprint density at radius 1 is 0.276 bits per heavy atom. The number of hydrogen-bond donors (Lipinski definition) is 0. The average Bonchev–Trinajstić information content (AvgIpc) is 3.42. The number of allylic oxidation sites excluding steroid dienone is 12. The van der Waals surface area contributed by atoms with E-state index in [-0.39, 0.29) is 31.1 Å². The van der Waals surface area contributed by atoms with Crippen LogP contribution in [-0.2, 0) is 28.6 Å². The molecule has 0 amide bonds. The monoisotopic (exact) mass is 1060 g/mol. The summed E-state index contributed by atoms with van der Waals surface area (Å²) in [5.41, 5.74) is 0. The fourth-order valence-electron chi connectivity index (χ4n) is 9.53. The minimum atomic E-state index is -0.796. The van der Waals surface area contributed by atoms with Crippen molar-refractivity contribution in [2.45, 2.75) is 341 Å². The predicted octanol–water partition coefficient (Wildman–Crippen LogP) is 22.5. The van der Waals surface area contributed by atoms with Crippen LogP contribution >= 0.6 is 0 Å². The van der Waals surface area contributed by atoms with Gasteiger partial charge in [-0.25, -0.2) is 0 Å². The van der Waals surface area contributed by atoms with Crippen LogP contribution in [0.25, 0.3) is 0 Å². The molecule has 0 N–H and O–H groups in total. The fraction of sp³-hybridized carbons (Fsp3) is 0.786. The minimum Gasteiger partial charge on any atom is -0.462 e. The van der Waals surface area contributed by atoms with Gasteiger partial charge in [-0.05, 0) is 89.9 Å². The van der Waals surface area contributed by atoms with E-state index in [9.17, 15) is 14.4 Å². The summed E-state index contributed by atoms with van der Waals surface area (Å²) in [5.74, 6) is -0.914. The van der Waals surface area contributed by atoms with Gasteiger partial charge in [0, 0.05) is 19.3 Å². The number of carbonyl (C=O) groups excluding carboxylic acids is 3. The van der Waals surface area contributed by atoms with Gasteiger partial charge in [-0.2, -0.15) is 0 Å². The van der Waals surface area contributed by atoms with Crippen molar-refractivity contribution in [3.63, 3.8) is 0 Å². The van der Waals surface area contributed by atoms with E-state index in [1.807, 2.05) is 0 Å². The van der Waals surface area contributed by atoms with Gasteiger partial charge in [-0.15, -0.1) is 0 Å². The van der Waals surface area contributed by atoms with Crippen LogP contribution < -0.4 is 0 Å². The van der Waals surface area contributed by atoms with Gasteiger partial charge < -0.3 is 14.2 Å². The molecule has 0 aliphatic heterocycles. The summed E-state index contributed by atoms with van der Waals surface area (Å²) in [6, 6.07) is 0. The Kier molecular flexibility index (Phi) is 61.7. The van der Waals surface area contributed by atoms with Crippen molar-refractivity contribution in [2.75, 3.05) is 13.2 Å². The molecule has 6 nitrogen and oxygen atoms in total. The molecular weight excluding hydrogens is 937 g/mol. The highest BCUT2D eigenvalue weighted by Crippen LogP contribution is 2.17. The third-order valence-corrected chi connectivity index (χ3v) is 14.4. The van der Waals surface area contributed by atoms with Gasteiger partial charge in [-0.3, -0.25) is 14.4 Å². The van der Waals surface area contributed by atoms with E-state index in [0.717, 1.165) is 103 Å². The Morgan fingerprint density at radius 2 is 0.513 bits per heavy atom. The van der Waals surface area contributed by atoms with E-state index < -0.39 is 6.10 Å². The molecule has 0 aromatic heterocycles. The van der Waals surface area contributed by atoms with E-state index in [1.165, 1.54) is 193 Å². The topological polar surface area (TPSA) is 78.9 Å². The lowest BCUT2D eigenvalue weighted by Crippen LogP contribution is -2.30. The molecule has 0 aliphatic carbocycles. The van der Waals surface area contributed by atoms with Gasteiger partial charge in [-0.1, -0.05) is 299 Å². The summed E-state index contributed by atoms with van der Waals surface area (Å²) in [5, 5.41) is 0. The zero-order valence-electron chi connectivity index (χ0n) is 50.5. The van der Waals surface area contributed by atoms with Crippen molar-refractivity contribution in [3.05, 3.63) is 72.9 Å². The van der Waals surface area contributed by atoms with Gasteiger partial charge >= 0.3 is 17.9 Å². The number of esters is 3. The first-order valence-corrected chi connectivity index (χ1v) is 32.9. The minimum absolute atomic E-state index is 0.0886. The molecule has 0 aromatic carbocycles. The molecule has 0 fully saturated rings. The number of ether oxygens (including phenoxy) is 3. The third-order valence-electron chi connectivity index (χ3n) is 14.4. The van der Waals surface area contributed by atoms with E-state index in [0.29, 0.717) is 19.3 Å². The van der Waals surface area contributed by atoms with E-state index >= 15 is 0 Å². The highest BCUT2D eigenvalue weighted by atomic mass is 16.6. The number of rotatable bonds is 60. The quantitative estimate of drug-likeness (QED) is 0.0261. The molecule has 0 aliphatic rings. The maximum absolute atomic E-state index is 12.9. The summed E-state index contributed by atoms with van der Waals surface area (Å²) < 4.78 is 16.9. The number of carbonyl (C=O) groups is 3. The molecule has 6 heteroatoms. The molecular formula is C70H124O6. The van der Waals surface area contributed by atoms with Crippen molar-refractivity contribution in [1.82, 2.24) is 0 Å². The van der Waals surface area contributed by atoms with Gasteiger partial charge in [0.15, 0.2) is 6.10 Å². The maximum atomic E-state index is 12.9. The molecule has 0 saturated carbocycles. The standard InChI is InChI=1S/C70H124O6/c1-4-7-10-13-16-19-22-25-28-30-32-33-34-35-36-37-39-40-42-45-48-51-54-57-60-63-69(72)75-66-67(65-74-68(71)62-59-56-53-50-47-44-27-24-21-18-15-12-9-6-3)76-70(73)64-61-58-55-52-49-46-43-41-38-31-29-26-23-20-17-14-11-8-5-2/h8,11,17,20,24,26-27,29,38,41,46,49,67H,4-7,9-10,12-16,18-19,21-23,25,28,30-37,39-40,42-45,47-48,50-66H2,1-3H3/b11-8-,20-17-,27-24-,29-26-,41-38-,49-46-. The average molecular weight is 1060 g/mol. The number of unbranched alkanes of at least 4 members (excludes halogenated alkanes) is 37. The van der Waals surface area contributed by atoms with Gasteiger partial charge in [0.25, 0.3) is 0 Å². The molecule has 1 unspecified atom stereocenters. The first-order valence-electron chi connectivity index (χ1n) is 32.9. The molecule has 1 atom stereocenters. The normalized spacial score (nSPS) is 12.5. The molecule has 76 heavy (non-hydrogen) atoms. The highest BCUT2D eigenvalue weighted by molar-refractivity contribution is 5.71. The zero-order valence-corrected chi connectivity index (χ0v) is 50.5. The Morgan fingerprint density at radius 3 is 0.829 bits per heavy atom. The second-order valence-electron chi connectivity index (χ2n) is 22.0. The van der Waals surface area contributed by atoms with Gasteiger partial charge in [0.1, 0.15) is 13.2 Å². The van der Waals surface area contributed by atoms with Crippen LogP contribution in [-0.4, -0.2) is 37.2 Å². The first kappa shape index (κ1) is 72.8. The van der Waals surface area contributed by atoms with Gasteiger partial charge in [0.05, 0.1) is 0 Å². The molecule has 0 radical (unpaired) electrons. The summed E-state index contributed by atoms with van der Waals surface area (Å²) in [7, 11) is 0. The van der Waals surface area contributed by atoms with Crippen LogP contribution in [0.5, 0.6) is 0 Å². The second-order valence-corrected chi connectivity index (χ2v) is 22.0. The summed E-state index contributed by atoms with van der Waals surface area (Å²) in [6.07, 6.45) is 83.5. The molecule has 0 aromatic rings. The largest absolute Gasteiger partial charge is 0.462 e. The lowest BCUT2D eigenvalue weighted by atomic mass is 10.0. The van der Waals surface area contributed by atoms with Crippen LogP contribution in [0.4, 0.5) is 0 Å². The lowest BCUT2D eigenvalue weighted by Gasteiger charge is -2.18. The van der Waals surface area contributed by atoms with Crippen LogP contribution in [0.1, 0.15) is 335 Å². The number of hydrogen-bond acceptors (Lipinski definition) is 6. The van der Waals surface area contributed by atoms with Crippen molar-refractivity contribution in [1.29, 1.82) is 0 Å². The van der Waals surface area contributed by atoms with Crippen LogP contribution in [0.3, 0.4) is 0 Å². The van der Waals surface area contributed by atoms with Crippen LogP contribution in [0.15, 0.2) is 72.9 Å². The van der Waals surface area contributed by atoms with Crippen molar-refractivity contribution >= 4 is 17.9 Å². The molecule has 0 saturated heterocycles. The Labute approximate surface area is 472 Å².